The number of aliphatic carboxylic acids is 1. The van der Waals surface area contributed by atoms with Crippen LogP contribution in [0.25, 0.3) is 0 Å². The molecule has 2 saturated heterocycles. The zero-order chi connectivity index (χ0) is 7.84. The van der Waals surface area contributed by atoms with Gasteiger partial charge in [-0.15, -0.1) is 12.4 Å². The lowest BCUT2D eigenvalue weighted by Gasteiger charge is -2.12. The highest BCUT2D eigenvalue weighted by molar-refractivity contribution is 5.85. The second kappa shape index (κ2) is 3.62. The number of halogens is 1. The summed E-state index contributed by atoms with van der Waals surface area (Å²) >= 11 is 0. The summed E-state index contributed by atoms with van der Waals surface area (Å²) in [5.41, 5.74) is 0. The molecule has 0 bridgehead atoms. The lowest BCUT2D eigenvalue weighted by atomic mass is 10.0. The van der Waals surface area contributed by atoms with Crippen molar-refractivity contribution in [2.24, 2.45) is 5.92 Å². The standard InChI is InChI=1S/C8H13NO2.ClH/c10-8(11)6-4-7-2-1-3-9(7)5-6;/h6-7H,1-5H2,(H,10,11);1H. The van der Waals surface area contributed by atoms with Gasteiger partial charge in [0.05, 0.1) is 5.92 Å². The summed E-state index contributed by atoms with van der Waals surface area (Å²) in [7, 11) is 0. The topological polar surface area (TPSA) is 40.5 Å². The van der Waals surface area contributed by atoms with Crippen molar-refractivity contribution in [1.82, 2.24) is 4.90 Å². The molecule has 70 valence electrons. The Balaban J connectivity index is 0.000000720. The second-order valence-corrected chi connectivity index (χ2v) is 3.56. The highest BCUT2D eigenvalue weighted by Crippen LogP contribution is 2.31. The van der Waals surface area contributed by atoms with E-state index in [9.17, 15) is 4.79 Å². The summed E-state index contributed by atoms with van der Waals surface area (Å²) in [6.07, 6.45) is 3.36. The molecule has 12 heavy (non-hydrogen) atoms. The van der Waals surface area contributed by atoms with Crippen molar-refractivity contribution >= 4 is 18.4 Å². The van der Waals surface area contributed by atoms with E-state index in [0.717, 1.165) is 19.5 Å². The van der Waals surface area contributed by atoms with E-state index < -0.39 is 5.97 Å². The van der Waals surface area contributed by atoms with E-state index in [0.29, 0.717) is 6.04 Å². The van der Waals surface area contributed by atoms with Crippen LogP contribution in [0.4, 0.5) is 0 Å². The minimum Gasteiger partial charge on any atom is -0.481 e. The van der Waals surface area contributed by atoms with Gasteiger partial charge in [0.25, 0.3) is 0 Å². The lowest BCUT2D eigenvalue weighted by molar-refractivity contribution is -0.141. The maximum absolute atomic E-state index is 10.6. The molecule has 2 heterocycles. The first-order valence-corrected chi connectivity index (χ1v) is 4.24. The van der Waals surface area contributed by atoms with Gasteiger partial charge in [0.2, 0.25) is 0 Å². The molecule has 3 nitrogen and oxygen atoms in total. The van der Waals surface area contributed by atoms with Crippen LogP contribution in [0.5, 0.6) is 0 Å². The number of carbonyl (C=O) groups is 1. The predicted octanol–water partition coefficient (Wildman–Crippen LogP) is 0.977. The fraction of sp³-hybridized carbons (Fsp3) is 0.875. The van der Waals surface area contributed by atoms with Crippen LogP contribution in [0, 0.1) is 5.92 Å². The fourth-order valence-electron chi connectivity index (χ4n) is 2.27. The van der Waals surface area contributed by atoms with Crippen LogP contribution in [0.1, 0.15) is 19.3 Å². The molecule has 0 amide bonds. The first kappa shape index (κ1) is 9.81. The van der Waals surface area contributed by atoms with Crippen LogP contribution >= 0.6 is 12.4 Å². The largest absolute Gasteiger partial charge is 0.481 e. The Morgan fingerprint density at radius 2 is 2.25 bits per heavy atom. The summed E-state index contributed by atoms with van der Waals surface area (Å²) < 4.78 is 0. The molecule has 2 aliphatic heterocycles. The molecule has 2 fully saturated rings. The van der Waals surface area contributed by atoms with Crippen molar-refractivity contribution in [2.45, 2.75) is 25.3 Å². The highest BCUT2D eigenvalue weighted by atomic mass is 35.5. The predicted molar refractivity (Wildman–Crippen MR) is 47.6 cm³/mol. The van der Waals surface area contributed by atoms with Gasteiger partial charge in [-0.2, -0.15) is 0 Å². The van der Waals surface area contributed by atoms with Gasteiger partial charge >= 0.3 is 5.97 Å². The summed E-state index contributed by atoms with van der Waals surface area (Å²) in [4.78, 5) is 12.9. The molecule has 0 aromatic heterocycles. The van der Waals surface area contributed by atoms with Gasteiger partial charge in [0, 0.05) is 12.6 Å². The summed E-state index contributed by atoms with van der Waals surface area (Å²) in [6.45, 7) is 1.91. The summed E-state index contributed by atoms with van der Waals surface area (Å²) in [5.74, 6) is -0.695. The smallest absolute Gasteiger partial charge is 0.307 e. The van der Waals surface area contributed by atoms with Crippen molar-refractivity contribution in [3.63, 3.8) is 0 Å². The molecule has 2 rings (SSSR count). The number of carboxylic acid groups (broad SMARTS) is 1. The average molecular weight is 192 g/mol. The number of hydrogen-bond donors (Lipinski definition) is 1. The third kappa shape index (κ3) is 1.57. The number of nitrogens with zero attached hydrogens (tertiary/aromatic N) is 1. The number of hydrogen-bond acceptors (Lipinski definition) is 2. The molecule has 0 radical (unpaired) electrons. The number of rotatable bonds is 1. The second-order valence-electron chi connectivity index (χ2n) is 3.56. The van der Waals surface area contributed by atoms with Gasteiger partial charge < -0.3 is 5.11 Å². The van der Waals surface area contributed by atoms with Gasteiger partial charge in [0.15, 0.2) is 0 Å². The molecular formula is C8H14ClNO2. The highest BCUT2D eigenvalue weighted by Gasteiger charge is 2.38. The molecule has 1 N–H and O–H groups in total. The van der Waals surface area contributed by atoms with E-state index in [1.165, 1.54) is 12.8 Å². The first-order valence-electron chi connectivity index (χ1n) is 4.24. The van der Waals surface area contributed by atoms with Crippen molar-refractivity contribution in [1.29, 1.82) is 0 Å². The van der Waals surface area contributed by atoms with E-state index >= 15 is 0 Å². The Morgan fingerprint density at radius 3 is 2.83 bits per heavy atom. The number of fused-ring (bicyclic) bond motifs is 1. The third-order valence-electron chi connectivity index (χ3n) is 2.86. The maximum Gasteiger partial charge on any atom is 0.307 e. The van der Waals surface area contributed by atoms with Gasteiger partial charge in [-0.1, -0.05) is 0 Å². The van der Waals surface area contributed by atoms with Crippen LogP contribution in [0.15, 0.2) is 0 Å². The minimum atomic E-state index is -0.612. The first-order chi connectivity index (χ1) is 5.27. The quantitative estimate of drug-likeness (QED) is 0.672. The molecule has 0 aliphatic carbocycles. The van der Waals surface area contributed by atoms with Crippen LogP contribution in [-0.4, -0.2) is 35.1 Å². The van der Waals surface area contributed by atoms with Crippen LogP contribution in [-0.2, 0) is 4.79 Å². The van der Waals surface area contributed by atoms with Crippen LogP contribution < -0.4 is 0 Å². The van der Waals surface area contributed by atoms with Crippen LogP contribution in [0.2, 0.25) is 0 Å². The molecule has 0 saturated carbocycles. The van der Waals surface area contributed by atoms with Crippen molar-refractivity contribution in [2.75, 3.05) is 13.1 Å². The Labute approximate surface area is 78.2 Å². The Hall–Kier alpha value is -0.280. The molecule has 2 aliphatic rings. The molecule has 0 spiro atoms. The SMILES string of the molecule is Cl.O=C(O)C1CC2CCCN2C1. The van der Waals surface area contributed by atoms with Gasteiger partial charge in [0.1, 0.15) is 0 Å². The normalized spacial score (nSPS) is 34.3. The van der Waals surface area contributed by atoms with Crippen LogP contribution in [0.3, 0.4) is 0 Å². The van der Waals surface area contributed by atoms with E-state index in [2.05, 4.69) is 4.90 Å². The average Bonchev–Trinajstić information content (AvgIpc) is 2.40. The van der Waals surface area contributed by atoms with Crippen molar-refractivity contribution in [3.8, 4) is 0 Å². The zero-order valence-electron chi connectivity index (χ0n) is 6.90. The molecule has 2 atom stereocenters. The Bertz CT molecular complexity index is 174. The Kier molecular flexibility index (Phi) is 2.96. The summed E-state index contributed by atoms with van der Waals surface area (Å²) in [5, 5.41) is 8.74. The van der Waals surface area contributed by atoms with Crippen molar-refractivity contribution in [3.05, 3.63) is 0 Å². The van der Waals surface area contributed by atoms with Gasteiger partial charge in [-0.3, -0.25) is 9.69 Å². The monoisotopic (exact) mass is 191 g/mol. The molecule has 4 heteroatoms. The lowest BCUT2D eigenvalue weighted by Crippen LogP contribution is -2.23. The summed E-state index contributed by atoms with van der Waals surface area (Å²) in [6, 6.07) is 0.594. The third-order valence-corrected chi connectivity index (χ3v) is 2.86. The van der Waals surface area contributed by atoms with E-state index in [1.54, 1.807) is 0 Å². The zero-order valence-corrected chi connectivity index (χ0v) is 7.72. The van der Waals surface area contributed by atoms with E-state index in [1.807, 2.05) is 0 Å². The maximum atomic E-state index is 10.6. The molecule has 0 aromatic rings. The van der Waals surface area contributed by atoms with E-state index in [-0.39, 0.29) is 18.3 Å². The molecule has 0 aromatic carbocycles. The molecule has 2 unspecified atom stereocenters. The molecular weight excluding hydrogens is 178 g/mol. The van der Waals surface area contributed by atoms with E-state index in [4.69, 9.17) is 5.11 Å². The fourth-order valence-corrected chi connectivity index (χ4v) is 2.27. The Morgan fingerprint density at radius 1 is 1.50 bits per heavy atom. The van der Waals surface area contributed by atoms with Gasteiger partial charge in [-0.25, -0.2) is 0 Å². The minimum absolute atomic E-state index is 0. The number of carboxylic acids is 1. The van der Waals surface area contributed by atoms with Crippen molar-refractivity contribution < 1.29 is 9.90 Å². The van der Waals surface area contributed by atoms with Gasteiger partial charge in [-0.05, 0) is 25.8 Å².